The summed E-state index contributed by atoms with van der Waals surface area (Å²) in [4.78, 5) is 31.0. The lowest BCUT2D eigenvalue weighted by molar-refractivity contribution is -0.275. The van der Waals surface area contributed by atoms with Crippen LogP contribution in [0, 0.1) is 5.82 Å². The Balaban J connectivity index is 1.79. The van der Waals surface area contributed by atoms with E-state index in [1.54, 1.807) is 12.1 Å². The molecule has 1 amide bonds. The number of carbonyl (C=O) groups excluding carboxylic acids is 1. The van der Waals surface area contributed by atoms with Crippen LogP contribution in [-0.4, -0.2) is 39.9 Å². The van der Waals surface area contributed by atoms with Gasteiger partial charge in [-0.3, -0.25) is 9.78 Å². The molecule has 2 aromatic heterocycles. The number of pyridine rings is 1. The van der Waals surface area contributed by atoms with E-state index in [0.29, 0.717) is 0 Å². The number of aromatic carboxylic acids is 1. The zero-order valence-corrected chi connectivity index (χ0v) is 16.6. The third kappa shape index (κ3) is 4.31. The highest BCUT2D eigenvalue weighted by Crippen LogP contribution is 2.42. The summed E-state index contributed by atoms with van der Waals surface area (Å²) in [6.45, 7) is 0.0759. The van der Waals surface area contributed by atoms with Crippen molar-refractivity contribution < 1.29 is 41.7 Å². The highest BCUT2D eigenvalue weighted by molar-refractivity contribution is 5.97. The molecular weight excluding hydrogens is 450 g/mol. The number of alkyl halides is 3. The Morgan fingerprint density at radius 2 is 2.03 bits per heavy atom. The zero-order valence-electron chi connectivity index (χ0n) is 16.6. The third-order valence-electron chi connectivity index (χ3n) is 5.06. The monoisotopic (exact) mass is 465 g/mol. The Morgan fingerprint density at radius 3 is 2.70 bits per heavy atom. The van der Waals surface area contributed by atoms with Crippen LogP contribution >= 0.6 is 0 Å². The van der Waals surface area contributed by atoms with Crippen LogP contribution in [0.1, 0.15) is 38.5 Å². The SMILES string of the molecule is O=C(O)c1c[nH]c(C(=O)NC2(c3ccc(OC(F)(F)F)c(F)c3)CCOc3cccnc32)c1. The summed E-state index contributed by atoms with van der Waals surface area (Å²) >= 11 is 0. The molecule has 1 unspecified atom stereocenters. The number of hydrogen-bond acceptors (Lipinski definition) is 5. The number of carbonyl (C=O) groups is 2. The lowest BCUT2D eigenvalue weighted by atomic mass is 9.81. The van der Waals surface area contributed by atoms with Gasteiger partial charge in [0.15, 0.2) is 11.6 Å². The number of hydrogen-bond donors (Lipinski definition) is 3. The van der Waals surface area contributed by atoms with E-state index in [1.807, 2.05) is 0 Å². The van der Waals surface area contributed by atoms with Gasteiger partial charge in [0.2, 0.25) is 0 Å². The number of aromatic nitrogens is 2. The molecule has 0 saturated heterocycles. The number of nitrogens with zero attached hydrogens (tertiary/aromatic N) is 1. The number of carboxylic acids is 1. The molecule has 12 heteroatoms. The van der Waals surface area contributed by atoms with Crippen LogP contribution in [0.4, 0.5) is 17.6 Å². The van der Waals surface area contributed by atoms with E-state index in [9.17, 15) is 27.2 Å². The van der Waals surface area contributed by atoms with Crippen molar-refractivity contribution >= 4 is 11.9 Å². The van der Waals surface area contributed by atoms with E-state index in [-0.39, 0.29) is 41.3 Å². The molecule has 172 valence electrons. The standard InChI is InChI=1S/C21H15F4N3O5/c22-13-9-12(3-4-15(13)33-21(23,24)25)20(5-7-32-16-2-1-6-26-17(16)20)28-18(29)14-8-11(10-27-14)19(30)31/h1-4,6,8-10,27H,5,7H2,(H,28,29)(H,30,31). The average Bonchev–Trinajstić information content (AvgIpc) is 3.25. The molecule has 33 heavy (non-hydrogen) atoms. The van der Waals surface area contributed by atoms with Gasteiger partial charge >= 0.3 is 12.3 Å². The molecule has 1 aliphatic rings. The number of amides is 1. The number of H-pyrrole nitrogens is 1. The van der Waals surface area contributed by atoms with Gasteiger partial charge in [-0.15, -0.1) is 13.2 Å². The van der Waals surface area contributed by atoms with Crippen molar-refractivity contribution in [3.05, 3.63) is 77.1 Å². The van der Waals surface area contributed by atoms with Crippen LogP contribution in [0.5, 0.6) is 11.5 Å². The third-order valence-corrected chi connectivity index (χ3v) is 5.06. The first-order chi connectivity index (χ1) is 15.6. The van der Waals surface area contributed by atoms with Crippen molar-refractivity contribution in [2.45, 2.75) is 18.3 Å². The van der Waals surface area contributed by atoms with Gasteiger partial charge in [0, 0.05) is 18.8 Å². The summed E-state index contributed by atoms with van der Waals surface area (Å²) in [6, 6.07) is 7.10. The van der Waals surface area contributed by atoms with Gasteiger partial charge in [-0.2, -0.15) is 0 Å². The Hall–Kier alpha value is -4.09. The van der Waals surface area contributed by atoms with E-state index in [0.717, 1.165) is 24.4 Å². The van der Waals surface area contributed by atoms with Crippen LogP contribution in [-0.2, 0) is 5.54 Å². The normalized spacial score (nSPS) is 17.6. The largest absolute Gasteiger partial charge is 0.573 e. The zero-order chi connectivity index (χ0) is 23.8. The molecule has 3 aromatic rings. The van der Waals surface area contributed by atoms with Gasteiger partial charge in [0.1, 0.15) is 22.7 Å². The predicted molar refractivity (Wildman–Crippen MR) is 103 cm³/mol. The van der Waals surface area contributed by atoms with E-state index in [1.165, 1.54) is 12.3 Å². The van der Waals surface area contributed by atoms with Gasteiger partial charge in [-0.1, -0.05) is 6.07 Å². The fraction of sp³-hybridized carbons (Fsp3) is 0.190. The highest BCUT2D eigenvalue weighted by atomic mass is 19.4. The number of benzene rings is 1. The van der Waals surface area contributed by atoms with Gasteiger partial charge in [0.05, 0.1) is 12.2 Å². The molecule has 1 aromatic carbocycles. The summed E-state index contributed by atoms with van der Waals surface area (Å²) in [5, 5.41) is 11.8. The lowest BCUT2D eigenvalue weighted by Gasteiger charge is -2.39. The lowest BCUT2D eigenvalue weighted by Crippen LogP contribution is -2.50. The van der Waals surface area contributed by atoms with E-state index < -0.39 is 35.3 Å². The molecule has 4 rings (SSSR count). The van der Waals surface area contributed by atoms with Crippen LogP contribution in [0.3, 0.4) is 0 Å². The highest BCUT2D eigenvalue weighted by Gasteiger charge is 2.43. The number of halogens is 4. The minimum absolute atomic E-state index is 0.0637. The van der Waals surface area contributed by atoms with Gasteiger partial charge in [-0.25, -0.2) is 9.18 Å². The van der Waals surface area contributed by atoms with Gasteiger partial charge < -0.3 is 24.9 Å². The Morgan fingerprint density at radius 1 is 1.24 bits per heavy atom. The maximum atomic E-state index is 14.6. The molecule has 0 spiro atoms. The Kier molecular flexibility index (Phi) is 5.44. The fourth-order valence-electron chi connectivity index (χ4n) is 3.62. The topological polar surface area (TPSA) is 114 Å². The van der Waals surface area contributed by atoms with Gasteiger partial charge in [-0.05, 0) is 35.9 Å². The molecule has 0 saturated carbocycles. The van der Waals surface area contributed by atoms with E-state index in [4.69, 9.17) is 9.84 Å². The quantitative estimate of drug-likeness (QED) is 0.497. The second-order valence-electron chi connectivity index (χ2n) is 7.11. The Bertz CT molecular complexity index is 1230. The van der Waals surface area contributed by atoms with Crippen LogP contribution in [0.25, 0.3) is 0 Å². The van der Waals surface area contributed by atoms with E-state index in [2.05, 4.69) is 20.0 Å². The molecule has 1 aliphatic heterocycles. The van der Waals surface area contributed by atoms with Crippen molar-refractivity contribution in [2.24, 2.45) is 0 Å². The van der Waals surface area contributed by atoms with Crippen molar-refractivity contribution in [1.29, 1.82) is 0 Å². The molecule has 0 fully saturated rings. The first kappa shape index (κ1) is 22.1. The number of carboxylic acid groups (broad SMARTS) is 1. The number of ether oxygens (including phenoxy) is 2. The maximum absolute atomic E-state index is 14.6. The Labute approximate surface area is 183 Å². The van der Waals surface area contributed by atoms with Crippen LogP contribution < -0.4 is 14.8 Å². The first-order valence-electron chi connectivity index (χ1n) is 9.47. The number of fused-ring (bicyclic) bond motifs is 1. The number of aromatic amines is 1. The van der Waals surface area contributed by atoms with Crippen molar-refractivity contribution in [1.82, 2.24) is 15.3 Å². The summed E-state index contributed by atoms with van der Waals surface area (Å²) in [7, 11) is 0. The van der Waals surface area contributed by atoms with Crippen LogP contribution in [0.15, 0.2) is 48.8 Å². The second kappa shape index (κ2) is 8.11. The summed E-state index contributed by atoms with van der Waals surface area (Å²) < 4.78 is 61.5. The molecule has 3 N–H and O–H groups in total. The predicted octanol–water partition coefficient (Wildman–Crippen LogP) is 3.60. The molecule has 0 radical (unpaired) electrons. The summed E-state index contributed by atoms with van der Waals surface area (Å²) in [5.74, 6) is -4.03. The molecule has 3 heterocycles. The number of nitrogens with one attached hydrogen (secondary N) is 2. The van der Waals surface area contributed by atoms with Crippen molar-refractivity contribution in [2.75, 3.05) is 6.61 Å². The molecule has 0 bridgehead atoms. The molecule has 0 aliphatic carbocycles. The maximum Gasteiger partial charge on any atom is 0.573 e. The number of rotatable bonds is 5. The van der Waals surface area contributed by atoms with Crippen molar-refractivity contribution in [3.8, 4) is 11.5 Å². The smallest absolute Gasteiger partial charge is 0.491 e. The molecular formula is C21H15F4N3O5. The van der Waals surface area contributed by atoms with E-state index >= 15 is 0 Å². The average molecular weight is 465 g/mol. The summed E-state index contributed by atoms with van der Waals surface area (Å²) in [5.41, 5.74) is -1.43. The molecule has 1 atom stereocenters. The second-order valence-corrected chi connectivity index (χ2v) is 7.11. The summed E-state index contributed by atoms with van der Waals surface area (Å²) in [6.07, 6.45) is -2.48. The molecule has 8 nitrogen and oxygen atoms in total. The minimum atomic E-state index is -5.09. The van der Waals surface area contributed by atoms with Crippen molar-refractivity contribution in [3.63, 3.8) is 0 Å². The first-order valence-corrected chi connectivity index (χ1v) is 9.47. The fourth-order valence-corrected chi connectivity index (χ4v) is 3.62. The van der Waals surface area contributed by atoms with Gasteiger partial charge in [0.25, 0.3) is 5.91 Å². The van der Waals surface area contributed by atoms with Crippen LogP contribution in [0.2, 0.25) is 0 Å². The minimum Gasteiger partial charge on any atom is -0.491 e.